The van der Waals surface area contributed by atoms with E-state index in [4.69, 9.17) is 14.2 Å². The number of aliphatic hydroxyl groups is 3. The Morgan fingerprint density at radius 1 is 1.19 bits per heavy atom. The smallest absolute Gasteiger partial charge is 0.335 e. The van der Waals surface area contributed by atoms with Crippen LogP contribution in [0.4, 0.5) is 0 Å². The van der Waals surface area contributed by atoms with E-state index in [9.17, 15) is 25.2 Å². The van der Waals surface area contributed by atoms with E-state index >= 15 is 0 Å². The minimum Gasteiger partial charge on any atom is -0.497 e. The van der Waals surface area contributed by atoms with Crippen LogP contribution >= 0.6 is 0 Å². The van der Waals surface area contributed by atoms with Gasteiger partial charge in [-0.05, 0) is 44.6 Å². The topological polar surface area (TPSA) is 129 Å². The van der Waals surface area contributed by atoms with Crippen LogP contribution in [0.2, 0.25) is 0 Å². The minimum atomic E-state index is -1.76. The van der Waals surface area contributed by atoms with Crippen molar-refractivity contribution in [3.63, 3.8) is 0 Å². The molecule has 7 atom stereocenters. The number of carboxylic acids is 1. The first-order valence-electron chi connectivity index (χ1n) is 10.6. The molecule has 1 saturated carbocycles. The monoisotopic (exact) mass is 439 g/mol. The van der Waals surface area contributed by atoms with Gasteiger partial charge >= 0.3 is 5.97 Å². The highest BCUT2D eigenvalue weighted by Crippen LogP contribution is 2.47. The molecular formula is C22H33NO8. The van der Waals surface area contributed by atoms with Gasteiger partial charge in [-0.15, -0.1) is 0 Å². The SMILES string of the molecule is COc1cccc([C@@]2(OC3O[C@H](C(=O)O)[C@@H](O)[C@H](O)[C@H]3O)CCCC[C@@H]2CN(C)C)c1. The number of carbonyl (C=O) groups is 1. The van der Waals surface area contributed by atoms with Gasteiger partial charge in [-0.3, -0.25) is 0 Å². The molecule has 9 heteroatoms. The number of ether oxygens (including phenoxy) is 3. The van der Waals surface area contributed by atoms with Crippen LogP contribution in [0.5, 0.6) is 5.75 Å². The Morgan fingerprint density at radius 3 is 2.58 bits per heavy atom. The van der Waals surface area contributed by atoms with E-state index in [1.807, 2.05) is 38.4 Å². The molecule has 0 amide bonds. The molecular weight excluding hydrogens is 406 g/mol. The van der Waals surface area contributed by atoms with E-state index in [0.717, 1.165) is 24.8 Å². The van der Waals surface area contributed by atoms with Gasteiger partial charge in [0.2, 0.25) is 0 Å². The zero-order valence-corrected chi connectivity index (χ0v) is 18.2. The zero-order chi connectivity index (χ0) is 22.8. The highest BCUT2D eigenvalue weighted by molar-refractivity contribution is 5.73. The Hall–Kier alpha value is -1.75. The Morgan fingerprint density at radius 2 is 1.94 bits per heavy atom. The van der Waals surface area contributed by atoms with Crippen LogP contribution in [0.3, 0.4) is 0 Å². The number of carboxylic acid groups (broad SMARTS) is 1. The summed E-state index contributed by atoms with van der Waals surface area (Å²) < 4.78 is 17.3. The lowest BCUT2D eigenvalue weighted by atomic mass is 9.70. The number of benzene rings is 1. The van der Waals surface area contributed by atoms with Crippen molar-refractivity contribution in [1.82, 2.24) is 4.90 Å². The first-order valence-corrected chi connectivity index (χ1v) is 10.6. The summed E-state index contributed by atoms with van der Waals surface area (Å²) in [5, 5.41) is 40.3. The maximum Gasteiger partial charge on any atom is 0.335 e. The van der Waals surface area contributed by atoms with Gasteiger partial charge < -0.3 is 39.5 Å². The Labute approximate surface area is 182 Å². The lowest BCUT2D eigenvalue weighted by Crippen LogP contribution is -2.62. The molecule has 0 spiro atoms. The second-order valence-corrected chi connectivity index (χ2v) is 8.68. The molecule has 0 bridgehead atoms. The molecule has 0 radical (unpaired) electrons. The number of rotatable bonds is 7. The molecule has 1 saturated heterocycles. The molecule has 3 rings (SSSR count). The van der Waals surface area contributed by atoms with Gasteiger partial charge in [0.25, 0.3) is 0 Å². The second-order valence-electron chi connectivity index (χ2n) is 8.68. The predicted octanol–water partition coefficient (Wildman–Crippen LogP) is 0.551. The van der Waals surface area contributed by atoms with Crippen molar-refractivity contribution in [2.45, 2.75) is 62.0 Å². The van der Waals surface area contributed by atoms with Crippen molar-refractivity contribution in [1.29, 1.82) is 0 Å². The van der Waals surface area contributed by atoms with Crippen LogP contribution < -0.4 is 4.74 Å². The summed E-state index contributed by atoms with van der Waals surface area (Å²) in [6.07, 6.45) is -4.82. The van der Waals surface area contributed by atoms with E-state index < -0.39 is 42.3 Å². The number of hydrogen-bond acceptors (Lipinski definition) is 8. The van der Waals surface area contributed by atoms with Gasteiger partial charge in [-0.25, -0.2) is 4.79 Å². The number of hydrogen-bond donors (Lipinski definition) is 4. The van der Waals surface area contributed by atoms with Gasteiger partial charge in [0.15, 0.2) is 12.4 Å². The van der Waals surface area contributed by atoms with E-state index in [2.05, 4.69) is 4.90 Å². The van der Waals surface area contributed by atoms with Crippen molar-refractivity contribution in [2.24, 2.45) is 5.92 Å². The fraction of sp³-hybridized carbons (Fsp3) is 0.682. The molecule has 2 fully saturated rings. The zero-order valence-electron chi connectivity index (χ0n) is 18.2. The highest BCUT2D eigenvalue weighted by atomic mass is 16.7. The average molecular weight is 440 g/mol. The molecule has 4 N–H and O–H groups in total. The third-order valence-electron chi connectivity index (χ3n) is 6.29. The summed E-state index contributed by atoms with van der Waals surface area (Å²) in [5.74, 6) is -0.763. The maximum atomic E-state index is 11.5. The van der Waals surface area contributed by atoms with Gasteiger partial charge in [-0.1, -0.05) is 25.0 Å². The lowest BCUT2D eigenvalue weighted by Gasteiger charge is -2.49. The van der Waals surface area contributed by atoms with Crippen molar-refractivity contribution in [3.05, 3.63) is 29.8 Å². The molecule has 1 aliphatic carbocycles. The van der Waals surface area contributed by atoms with Crippen LogP contribution in [0.25, 0.3) is 0 Å². The summed E-state index contributed by atoms with van der Waals surface area (Å²) in [6.45, 7) is 0.702. The largest absolute Gasteiger partial charge is 0.497 e. The normalized spacial score (nSPS) is 36.4. The molecule has 1 unspecified atom stereocenters. The van der Waals surface area contributed by atoms with Crippen molar-refractivity contribution >= 4 is 5.97 Å². The molecule has 31 heavy (non-hydrogen) atoms. The molecule has 174 valence electrons. The number of aliphatic hydroxyl groups excluding tert-OH is 3. The van der Waals surface area contributed by atoms with Gasteiger partial charge in [-0.2, -0.15) is 0 Å². The van der Waals surface area contributed by atoms with E-state index in [0.29, 0.717) is 18.7 Å². The van der Waals surface area contributed by atoms with Crippen LogP contribution in [-0.2, 0) is 19.9 Å². The minimum absolute atomic E-state index is 0.0198. The predicted molar refractivity (Wildman–Crippen MR) is 111 cm³/mol. The van der Waals surface area contributed by atoms with Gasteiger partial charge in [0, 0.05) is 12.5 Å². The van der Waals surface area contributed by atoms with E-state index in [1.54, 1.807) is 7.11 Å². The molecule has 1 aliphatic heterocycles. The molecule has 9 nitrogen and oxygen atoms in total. The van der Waals surface area contributed by atoms with Crippen LogP contribution in [0.15, 0.2) is 24.3 Å². The quantitative estimate of drug-likeness (QED) is 0.481. The third-order valence-corrected chi connectivity index (χ3v) is 6.29. The molecule has 1 heterocycles. The first-order chi connectivity index (χ1) is 14.7. The average Bonchev–Trinajstić information content (AvgIpc) is 2.74. The summed E-state index contributed by atoms with van der Waals surface area (Å²) in [6, 6.07) is 7.49. The fourth-order valence-electron chi connectivity index (χ4n) is 4.74. The molecule has 2 aliphatic rings. The standard InChI is InChI=1S/C22H33NO8/c1-23(2)12-14-7-4-5-10-22(14,13-8-6-9-15(11-13)29-3)31-21-18(26)16(24)17(25)19(30-21)20(27)28/h6,8-9,11,14,16-19,21,24-26H,4-5,7,10,12H2,1-3H3,(H,27,28)/t14-,16+,17+,18-,19+,21?,22+/m1/s1. The summed E-state index contributed by atoms with van der Waals surface area (Å²) >= 11 is 0. The molecule has 1 aromatic carbocycles. The third kappa shape index (κ3) is 4.87. The van der Waals surface area contributed by atoms with Crippen molar-refractivity contribution < 1.29 is 39.4 Å². The van der Waals surface area contributed by atoms with Crippen LogP contribution in [-0.4, -0.2) is 89.8 Å². The van der Waals surface area contributed by atoms with Crippen LogP contribution in [0, 0.1) is 5.92 Å². The van der Waals surface area contributed by atoms with Crippen molar-refractivity contribution in [2.75, 3.05) is 27.7 Å². The highest BCUT2D eigenvalue weighted by Gasteiger charge is 2.52. The van der Waals surface area contributed by atoms with Crippen molar-refractivity contribution in [3.8, 4) is 5.75 Å². The fourth-order valence-corrected chi connectivity index (χ4v) is 4.74. The summed E-state index contributed by atoms with van der Waals surface area (Å²) in [4.78, 5) is 13.6. The van der Waals surface area contributed by atoms with Gasteiger partial charge in [0.1, 0.15) is 29.7 Å². The number of aliphatic carboxylic acids is 1. The number of methoxy groups -OCH3 is 1. The lowest BCUT2D eigenvalue weighted by molar-refractivity contribution is -0.333. The van der Waals surface area contributed by atoms with E-state index in [-0.39, 0.29) is 5.92 Å². The summed E-state index contributed by atoms with van der Waals surface area (Å²) in [5.41, 5.74) is -0.0602. The maximum absolute atomic E-state index is 11.5. The first kappa shape index (κ1) is 23.9. The van der Waals surface area contributed by atoms with E-state index in [1.165, 1.54) is 0 Å². The van der Waals surface area contributed by atoms with Crippen LogP contribution in [0.1, 0.15) is 31.2 Å². The Kier molecular flexibility index (Phi) is 7.56. The Balaban J connectivity index is 2.02. The summed E-state index contributed by atoms with van der Waals surface area (Å²) in [7, 11) is 5.52. The molecule has 0 aromatic heterocycles. The molecule has 1 aromatic rings. The van der Waals surface area contributed by atoms with Gasteiger partial charge in [0.05, 0.1) is 7.11 Å². The Bertz CT molecular complexity index is 759. The number of nitrogens with zero attached hydrogens (tertiary/aromatic N) is 1. The second kappa shape index (κ2) is 9.81.